The van der Waals surface area contributed by atoms with Gasteiger partial charge in [0.05, 0.1) is 0 Å². The largest absolute Gasteiger partial charge is 0.445 e. The van der Waals surface area contributed by atoms with Crippen LogP contribution in [0.5, 0.6) is 0 Å². The maximum atomic E-state index is 12.3. The lowest BCUT2D eigenvalue weighted by Crippen LogP contribution is -2.43. The number of amides is 2. The van der Waals surface area contributed by atoms with Gasteiger partial charge in [-0.2, -0.15) is 0 Å². The van der Waals surface area contributed by atoms with E-state index in [-0.39, 0.29) is 18.2 Å². The number of hydrogen-bond acceptors (Lipinski definition) is 5. The number of likely N-dealkylation sites (tertiary alicyclic amines) is 2. The van der Waals surface area contributed by atoms with Crippen LogP contribution in [-0.4, -0.2) is 66.4 Å². The average Bonchev–Trinajstić information content (AvgIpc) is 3.30. The highest BCUT2D eigenvalue weighted by molar-refractivity contribution is 5.68. The molecule has 4 rings (SSSR count). The molecule has 0 aromatic heterocycles. The van der Waals surface area contributed by atoms with E-state index < -0.39 is 5.60 Å². The molecule has 2 saturated heterocycles. The Morgan fingerprint density at radius 3 is 2.27 bits per heavy atom. The van der Waals surface area contributed by atoms with Gasteiger partial charge in [0.1, 0.15) is 12.2 Å². The molecule has 3 atom stereocenters. The molecule has 0 bridgehead atoms. The molecule has 33 heavy (non-hydrogen) atoms. The van der Waals surface area contributed by atoms with Gasteiger partial charge in [0.25, 0.3) is 0 Å². The third-order valence-electron chi connectivity index (χ3n) is 7.14. The summed E-state index contributed by atoms with van der Waals surface area (Å²) in [4.78, 5) is 28.9. The molecule has 1 saturated carbocycles. The van der Waals surface area contributed by atoms with Crippen LogP contribution in [0.2, 0.25) is 0 Å². The summed E-state index contributed by atoms with van der Waals surface area (Å²) in [6.45, 7) is 11.0. The highest BCUT2D eigenvalue weighted by Gasteiger charge is 2.42. The number of nitrogens with zero attached hydrogens (tertiary/aromatic N) is 2. The highest BCUT2D eigenvalue weighted by atomic mass is 16.6. The molecule has 1 aromatic carbocycles. The first-order valence-corrected chi connectivity index (χ1v) is 12.4. The number of carbonyl (C=O) groups is 2. The first-order chi connectivity index (χ1) is 15.7. The first kappa shape index (κ1) is 23.9. The molecule has 0 spiro atoms. The maximum Gasteiger partial charge on any atom is 0.410 e. The molecular formula is C26H39N3O4. The monoisotopic (exact) mass is 457 g/mol. The minimum atomic E-state index is -0.438. The normalized spacial score (nSPS) is 26.2. The van der Waals surface area contributed by atoms with Crippen molar-refractivity contribution in [2.75, 3.05) is 32.7 Å². The Morgan fingerprint density at radius 1 is 1.03 bits per heavy atom. The molecule has 0 radical (unpaired) electrons. The SMILES string of the molecule is CC(C)(C)OC(=O)N1CCC(CN2C[C@H]3CC(NC(=O)OCc4ccccc4)C[C@H]3C2)CC1. The predicted octanol–water partition coefficient (Wildman–Crippen LogP) is 4.27. The molecule has 1 aliphatic carbocycles. The van der Waals surface area contributed by atoms with E-state index in [1.54, 1.807) is 0 Å². The van der Waals surface area contributed by atoms with Crippen LogP contribution in [0.3, 0.4) is 0 Å². The van der Waals surface area contributed by atoms with Gasteiger partial charge in [-0.3, -0.25) is 0 Å². The van der Waals surface area contributed by atoms with E-state index in [4.69, 9.17) is 9.47 Å². The third-order valence-corrected chi connectivity index (χ3v) is 7.14. The molecule has 1 N–H and O–H groups in total. The summed E-state index contributed by atoms with van der Waals surface area (Å²) in [6, 6.07) is 10.0. The lowest BCUT2D eigenvalue weighted by atomic mass is 9.96. The summed E-state index contributed by atoms with van der Waals surface area (Å²) < 4.78 is 10.9. The summed E-state index contributed by atoms with van der Waals surface area (Å²) in [5, 5.41) is 3.08. The topological polar surface area (TPSA) is 71.1 Å². The lowest BCUT2D eigenvalue weighted by molar-refractivity contribution is 0.0172. The van der Waals surface area contributed by atoms with E-state index in [0.29, 0.717) is 24.4 Å². The van der Waals surface area contributed by atoms with Crippen LogP contribution in [0.15, 0.2) is 30.3 Å². The second kappa shape index (κ2) is 10.3. The summed E-state index contributed by atoms with van der Waals surface area (Å²) in [5.41, 5.74) is 0.565. The maximum absolute atomic E-state index is 12.3. The standard InChI is InChI=1S/C26H39N3O4/c1-26(2,3)33-25(31)29-11-9-19(10-12-29)15-28-16-21-13-23(14-22(21)17-28)27-24(30)32-18-20-7-5-4-6-8-20/h4-8,19,21-23H,9-18H2,1-3H3,(H,27,30)/t21-,22+,23?. The number of carbonyl (C=O) groups excluding carboxylic acids is 2. The van der Waals surface area contributed by atoms with Crippen molar-refractivity contribution in [2.45, 2.75) is 64.7 Å². The van der Waals surface area contributed by atoms with Gasteiger partial charge >= 0.3 is 12.2 Å². The van der Waals surface area contributed by atoms with Crippen LogP contribution in [0, 0.1) is 17.8 Å². The zero-order valence-electron chi connectivity index (χ0n) is 20.3. The Kier molecular flexibility index (Phi) is 7.47. The Morgan fingerprint density at radius 2 is 1.67 bits per heavy atom. The number of nitrogens with one attached hydrogen (secondary N) is 1. The minimum absolute atomic E-state index is 0.183. The Bertz CT molecular complexity index is 788. The highest BCUT2D eigenvalue weighted by Crippen LogP contribution is 2.38. The van der Waals surface area contributed by atoms with Crippen molar-refractivity contribution in [1.82, 2.24) is 15.1 Å². The molecule has 3 aliphatic rings. The third kappa shape index (κ3) is 6.85. The Hall–Kier alpha value is -2.28. The summed E-state index contributed by atoms with van der Waals surface area (Å²) in [7, 11) is 0. The average molecular weight is 458 g/mol. The van der Waals surface area contributed by atoms with E-state index in [0.717, 1.165) is 64.0 Å². The van der Waals surface area contributed by atoms with Crippen LogP contribution in [-0.2, 0) is 16.1 Å². The molecule has 182 valence electrons. The molecule has 2 heterocycles. The number of piperidine rings is 1. The van der Waals surface area contributed by atoms with E-state index in [2.05, 4.69) is 10.2 Å². The second-order valence-electron chi connectivity index (χ2n) is 11.0. The predicted molar refractivity (Wildman–Crippen MR) is 127 cm³/mol. The number of fused-ring (bicyclic) bond motifs is 1. The van der Waals surface area contributed by atoms with Gasteiger partial charge in [-0.05, 0) is 69.8 Å². The first-order valence-electron chi connectivity index (χ1n) is 12.4. The number of rotatable bonds is 5. The summed E-state index contributed by atoms with van der Waals surface area (Å²) in [6.07, 6.45) is 3.68. The van der Waals surface area contributed by atoms with Crippen LogP contribution >= 0.6 is 0 Å². The van der Waals surface area contributed by atoms with Crippen molar-refractivity contribution in [3.8, 4) is 0 Å². The van der Waals surface area contributed by atoms with Gasteiger partial charge in [-0.15, -0.1) is 0 Å². The lowest BCUT2D eigenvalue weighted by Gasteiger charge is -2.35. The molecule has 1 unspecified atom stereocenters. The Balaban J connectivity index is 1.13. The van der Waals surface area contributed by atoms with Crippen molar-refractivity contribution >= 4 is 12.2 Å². The number of hydrogen-bond donors (Lipinski definition) is 1. The van der Waals surface area contributed by atoms with Crippen LogP contribution in [0.25, 0.3) is 0 Å². The van der Waals surface area contributed by atoms with Gasteiger partial charge < -0.3 is 24.6 Å². The van der Waals surface area contributed by atoms with Gasteiger partial charge in [-0.1, -0.05) is 30.3 Å². The molecule has 3 fully saturated rings. The van der Waals surface area contributed by atoms with Crippen LogP contribution in [0.4, 0.5) is 9.59 Å². The van der Waals surface area contributed by atoms with Gasteiger partial charge in [-0.25, -0.2) is 9.59 Å². The molecular weight excluding hydrogens is 418 g/mol. The van der Waals surface area contributed by atoms with Gasteiger partial charge in [0, 0.05) is 38.8 Å². The fourth-order valence-corrected chi connectivity index (χ4v) is 5.59. The second-order valence-corrected chi connectivity index (χ2v) is 11.0. The minimum Gasteiger partial charge on any atom is -0.445 e. The zero-order valence-corrected chi connectivity index (χ0v) is 20.3. The number of ether oxygens (including phenoxy) is 2. The molecule has 7 heteroatoms. The van der Waals surface area contributed by atoms with Crippen molar-refractivity contribution in [2.24, 2.45) is 17.8 Å². The molecule has 2 amide bonds. The molecule has 7 nitrogen and oxygen atoms in total. The number of alkyl carbamates (subject to hydrolysis) is 1. The van der Waals surface area contributed by atoms with E-state index in [1.165, 1.54) is 0 Å². The number of benzene rings is 1. The summed E-state index contributed by atoms with van der Waals surface area (Å²) in [5.74, 6) is 1.96. The van der Waals surface area contributed by atoms with Crippen LogP contribution in [0.1, 0.15) is 52.0 Å². The Labute approximate surface area is 197 Å². The summed E-state index contributed by atoms with van der Waals surface area (Å²) >= 11 is 0. The van der Waals surface area contributed by atoms with Crippen molar-refractivity contribution in [3.63, 3.8) is 0 Å². The van der Waals surface area contributed by atoms with E-state index >= 15 is 0 Å². The van der Waals surface area contributed by atoms with Crippen molar-refractivity contribution < 1.29 is 19.1 Å². The van der Waals surface area contributed by atoms with Crippen LogP contribution < -0.4 is 5.32 Å². The van der Waals surface area contributed by atoms with E-state index in [1.807, 2.05) is 56.0 Å². The fraction of sp³-hybridized carbons (Fsp3) is 0.692. The van der Waals surface area contributed by atoms with Gasteiger partial charge in [0.15, 0.2) is 0 Å². The van der Waals surface area contributed by atoms with Gasteiger partial charge in [0.2, 0.25) is 0 Å². The quantitative estimate of drug-likeness (QED) is 0.715. The molecule has 1 aromatic rings. The van der Waals surface area contributed by atoms with Crippen molar-refractivity contribution in [1.29, 1.82) is 0 Å². The fourth-order valence-electron chi connectivity index (χ4n) is 5.59. The smallest absolute Gasteiger partial charge is 0.410 e. The zero-order chi connectivity index (χ0) is 23.4. The molecule has 2 aliphatic heterocycles. The van der Waals surface area contributed by atoms with E-state index in [9.17, 15) is 9.59 Å². The van der Waals surface area contributed by atoms with Crippen molar-refractivity contribution in [3.05, 3.63) is 35.9 Å².